The molecule has 3 nitrogen and oxygen atoms in total. The van der Waals surface area contributed by atoms with Crippen LogP contribution in [0.3, 0.4) is 0 Å². The summed E-state index contributed by atoms with van der Waals surface area (Å²) in [7, 11) is 1.74. The molecular formula is C14H11ClFN3. The Morgan fingerprint density at radius 3 is 2.84 bits per heavy atom. The van der Waals surface area contributed by atoms with Gasteiger partial charge in [-0.3, -0.25) is 0 Å². The number of rotatable bonds is 3. The fraction of sp³-hybridized carbons (Fsp3) is 0.143. The highest BCUT2D eigenvalue weighted by Gasteiger charge is 2.13. The third-order valence-corrected chi connectivity index (χ3v) is 3.08. The van der Waals surface area contributed by atoms with Crippen LogP contribution in [0.2, 0.25) is 5.02 Å². The monoisotopic (exact) mass is 275 g/mol. The van der Waals surface area contributed by atoms with E-state index in [4.69, 9.17) is 16.9 Å². The van der Waals surface area contributed by atoms with Crippen molar-refractivity contribution in [2.24, 2.45) is 0 Å². The van der Waals surface area contributed by atoms with Crippen LogP contribution >= 0.6 is 11.6 Å². The molecule has 0 N–H and O–H groups in total. The number of halogens is 2. The van der Waals surface area contributed by atoms with E-state index in [0.29, 0.717) is 22.0 Å². The van der Waals surface area contributed by atoms with Crippen LogP contribution in [0.1, 0.15) is 11.1 Å². The quantitative estimate of drug-likeness (QED) is 0.862. The Morgan fingerprint density at radius 1 is 1.37 bits per heavy atom. The molecule has 0 saturated heterocycles. The van der Waals surface area contributed by atoms with Gasteiger partial charge in [0.05, 0.1) is 5.56 Å². The van der Waals surface area contributed by atoms with Crippen LogP contribution in [0.4, 0.5) is 10.2 Å². The summed E-state index contributed by atoms with van der Waals surface area (Å²) in [6.07, 6.45) is 1.59. The van der Waals surface area contributed by atoms with E-state index in [1.165, 1.54) is 6.07 Å². The smallest absolute Gasteiger partial charge is 0.146 e. The molecule has 2 rings (SSSR count). The minimum absolute atomic E-state index is 0.247. The van der Waals surface area contributed by atoms with Crippen molar-refractivity contribution < 1.29 is 4.39 Å². The van der Waals surface area contributed by atoms with Gasteiger partial charge >= 0.3 is 0 Å². The largest absolute Gasteiger partial charge is 0.354 e. The second kappa shape index (κ2) is 5.68. The third-order valence-electron chi connectivity index (χ3n) is 2.73. The van der Waals surface area contributed by atoms with Crippen molar-refractivity contribution in [3.05, 3.63) is 58.5 Å². The van der Waals surface area contributed by atoms with Gasteiger partial charge in [-0.1, -0.05) is 17.7 Å². The summed E-state index contributed by atoms with van der Waals surface area (Å²) in [5.41, 5.74) is 0.832. The summed E-state index contributed by atoms with van der Waals surface area (Å²) in [5, 5.41) is 9.39. The predicted molar refractivity (Wildman–Crippen MR) is 72.5 cm³/mol. The molecule has 0 aliphatic heterocycles. The molecule has 1 aromatic heterocycles. The van der Waals surface area contributed by atoms with Crippen molar-refractivity contribution >= 4 is 17.4 Å². The molecule has 0 fully saturated rings. The molecular weight excluding hydrogens is 265 g/mol. The second-order valence-corrected chi connectivity index (χ2v) is 4.45. The molecule has 1 heterocycles. The number of hydrogen-bond donors (Lipinski definition) is 0. The predicted octanol–water partition coefficient (Wildman–Crippen LogP) is 3.38. The van der Waals surface area contributed by atoms with Crippen molar-refractivity contribution in [2.75, 3.05) is 11.9 Å². The minimum Gasteiger partial charge on any atom is -0.354 e. The van der Waals surface area contributed by atoms with Gasteiger partial charge in [0.15, 0.2) is 0 Å². The Hall–Kier alpha value is -2.12. The fourth-order valence-corrected chi connectivity index (χ4v) is 2.01. The summed E-state index contributed by atoms with van der Waals surface area (Å²) in [5.74, 6) is 0.137. The normalized spacial score (nSPS) is 10.0. The Labute approximate surface area is 115 Å². The third kappa shape index (κ3) is 2.83. The Kier molecular flexibility index (Phi) is 3.98. The molecule has 0 saturated carbocycles. The molecule has 0 radical (unpaired) electrons. The summed E-state index contributed by atoms with van der Waals surface area (Å²) in [6.45, 7) is 0.247. The van der Waals surface area contributed by atoms with E-state index in [1.807, 2.05) is 0 Å². The van der Waals surface area contributed by atoms with Gasteiger partial charge in [-0.2, -0.15) is 5.26 Å². The maximum atomic E-state index is 13.7. The molecule has 2 aromatic rings. The van der Waals surface area contributed by atoms with Crippen LogP contribution in [0.5, 0.6) is 0 Å². The minimum atomic E-state index is -0.367. The summed E-state index contributed by atoms with van der Waals surface area (Å²) < 4.78 is 13.7. The van der Waals surface area contributed by atoms with Gasteiger partial charge in [0, 0.05) is 30.4 Å². The fourth-order valence-electron chi connectivity index (χ4n) is 1.78. The molecule has 96 valence electrons. The van der Waals surface area contributed by atoms with E-state index >= 15 is 0 Å². The van der Waals surface area contributed by atoms with Gasteiger partial charge in [0.1, 0.15) is 17.7 Å². The number of hydrogen-bond acceptors (Lipinski definition) is 3. The first-order valence-corrected chi connectivity index (χ1v) is 6.00. The van der Waals surface area contributed by atoms with Gasteiger partial charge in [-0.25, -0.2) is 9.37 Å². The number of benzene rings is 1. The lowest BCUT2D eigenvalue weighted by Crippen LogP contribution is -2.19. The molecule has 5 heteroatoms. The molecule has 19 heavy (non-hydrogen) atoms. The van der Waals surface area contributed by atoms with Crippen molar-refractivity contribution in [3.63, 3.8) is 0 Å². The molecule has 0 bridgehead atoms. The molecule has 0 aliphatic carbocycles. The number of aromatic nitrogens is 1. The lowest BCUT2D eigenvalue weighted by atomic mass is 10.2. The van der Waals surface area contributed by atoms with Gasteiger partial charge in [0.25, 0.3) is 0 Å². The van der Waals surface area contributed by atoms with E-state index in [9.17, 15) is 4.39 Å². The van der Waals surface area contributed by atoms with Crippen molar-refractivity contribution in [3.8, 4) is 6.07 Å². The van der Waals surface area contributed by atoms with Crippen LogP contribution < -0.4 is 4.90 Å². The highest BCUT2D eigenvalue weighted by atomic mass is 35.5. The van der Waals surface area contributed by atoms with E-state index in [-0.39, 0.29) is 12.4 Å². The highest BCUT2D eigenvalue weighted by molar-refractivity contribution is 6.31. The Bertz CT molecular complexity index is 617. The van der Waals surface area contributed by atoms with Gasteiger partial charge < -0.3 is 4.90 Å². The molecule has 0 unspecified atom stereocenters. The second-order valence-electron chi connectivity index (χ2n) is 4.04. The zero-order chi connectivity index (χ0) is 13.8. The van der Waals surface area contributed by atoms with Crippen LogP contribution in [0, 0.1) is 17.1 Å². The van der Waals surface area contributed by atoms with E-state index in [0.717, 1.165) is 0 Å². The van der Waals surface area contributed by atoms with Crippen LogP contribution in [-0.4, -0.2) is 12.0 Å². The Balaban J connectivity index is 2.32. The van der Waals surface area contributed by atoms with Crippen LogP contribution in [-0.2, 0) is 6.54 Å². The number of nitrogens with zero attached hydrogens (tertiary/aromatic N) is 3. The average molecular weight is 276 g/mol. The topological polar surface area (TPSA) is 39.9 Å². The molecule has 0 atom stereocenters. The first-order chi connectivity index (χ1) is 9.13. The standard InChI is InChI=1S/C14H11ClFN3/c1-19(14-10(8-17)4-3-7-18-14)9-11-12(15)5-2-6-13(11)16/h2-7H,9H2,1H3. The average Bonchev–Trinajstić information content (AvgIpc) is 2.42. The van der Waals surface area contributed by atoms with Crippen LogP contribution in [0.15, 0.2) is 36.5 Å². The van der Waals surface area contributed by atoms with Gasteiger partial charge in [-0.15, -0.1) is 0 Å². The number of nitriles is 1. The summed E-state index contributed by atoms with van der Waals surface area (Å²) in [6, 6.07) is 9.97. The van der Waals surface area contributed by atoms with E-state index in [2.05, 4.69) is 11.1 Å². The first kappa shape index (κ1) is 13.3. The van der Waals surface area contributed by atoms with E-state index in [1.54, 1.807) is 42.4 Å². The first-order valence-electron chi connectivity index (χ1n) is 5.62. The van der Waals surface area contributed by atoms with Crippen molar-refractivity contribution in [1.82, 2.24) is 4.98 Å². The zero-order valence-electron chi connectivity index (χ0n) is 10.3. The molecule has 0 amide bonds. The van der Waals surface area contributed by atoms with Gasteiger partial charge in [-0.05, 0) is 24.3 Å². The highest BCUT2D eigenvalue weighted by Crippen LogP contribution is 2.23. The lowest BCUT2D eigenvalue weighted by Gasteiger charge is -2.20. The number of anilines is 1. The maximum Gasteiger partial charge on any atom is 0.146 e. The molecule has 0 spiro atoms. The zero-order valence-corrected chi connectivity index (χ0v) is 11.0. The molecule has 0 aliphatic rings. The van der Waals surface area contributed by atoms with Crippen molar-refractivity contribution in [2.45, 2.75) is 6.54 Å². The molecule has 1 aromatic carbocycles. The van der Waals surface area contributed by atoms with Crippen molar-refractivity contribution in [1.29, 1.82) is 5.26 Å². The van der Waals surface area contributed by atoms with E-state index < -0.39 is 0 Å². The number of pyridine rings is 1. The van der Waals surface area contributed by atoms with Gasteiger partial charge in [0.2, 0.25) is 0 Å². The summed E-state index contributed by atoms with van der Waals surface area (Å²) >= 11 is 5.98. The Morgan fingerprint density at radius 2 is 2.16 bits per heavy atom. The van der Waals surface area contributed by atoms with Crippen LogP contribution in [0.25, 0.3) is 0 Å². The SMILES string of the molecule is CN(Cc1c(F)cccc1Cl)c1ncccc1C#N. The lowest BCUT2D eigenvalue weighted by molar-refractivity contribution is 0.607. The maximum absolute atomic E-state index is 13.7. The summed E-state index contributed by atoms with van der Waals surface area (Å²) in [4.78, 5) is 5.84.